The second kappa shape index (κ2) is 11.6. The fourth-order valence-corrected chi connectivity index (χ4v) is 5.37. The summed E-state index contributed by atoms with van der Waals surface area (Å²) >= 11 is 0. The lowest BCUT2D eigenvalue weighted by molar-refractivity contribution is -0.156. The number of carbonyl (C=O) groups is 4. The molecule has 38 heavy (non-hydrogen) atoms. The lowest BCUT2D eigenvalue weighted by Gasteiger charge is -2.29. The van der Waals surface area contributed by atoms with E-state index < -0.39 is 53.6 Å². The highest BCUT2D eigenvalue weighted by molar-refractivity contribution is 6.10. The molecule has 4 rings (SSSR count). The number of carbonyl (C=O) groups excluding carboxylic acids is 2. The molecule has 4 atom stereocenters. The van der Waals surface area contributed by atoms with Crippen molar-refractivity contribution < 1.29 is 34.1 Å². The van der Waals surface area contributed by atoms with E-state index in [4.69, 9.17) is 4.74 Å². The van der Waals surface area contributed by atoms with E-state index >= 15 is 0 Å². The number of hydrogen-bond acceptors (Lipinski definition) is 6. The van der Waals surface area contributed by atoms with E-state index in [0.717, 1.165) is 24.2 Å². The predicted octanol–water partition coefficient (Wildman–Crippen LogP) is 4.16. The molecule has 2 aromatic rings. The van der Waals surface area contributed by atoms with Gasteiger partial charge in [0.2, 0.25) is 11.8 Å². The summed E-state index contributed by atoms with van der Waals surface area (Å²) in [6.45, 7) is 2.21. The summed E-state index contributed by atoms with van der Waals surface area (Å²) in [5.74, 6) is -5.17. The highest BCUT2D eigenvalue weighted by atomic mass is 16.5. The molecule has 0 aromatic heterocycles. The SMILES string of the molecule is CCCCC=CCCN1C(=O)C2C(c3ccc(Oc4ccccc4)cc3)NC(CC(=O)O)(C(=O)O)C2C1=O. The number of imide groups is 1. The van der Waals surface area contributed by atoms with Gasteiger partial charge in [0.05, 0.1) is 18.3 Å². The van der Waals surface area contributed by atoms with E-state index in [1.54, 1.807) is 36.4 Å². The quantitative estimate of drug-likeness (QED) is 0.216. The van der Waals surface area contributed by atoms with Crippen molar-refractivity contribution in [1.82, 2.24) is 10.2 Å². The molecule has 9 heteroatoms. The zero-order valence-corrected chi connectivity index (χ0v) is 21.2. The first-order chi connectivity index (χ1) is 18.3. The van der Waals surface area contributed by atoms with Gasteiger partial charge < -0.3 is 14.9 Å². The molecule has 2 aliphatic rings. The van der Waals surface area contributed by atoms with Crippen LogP contribution in [0.5, 0.6) is 11.5 Å². The largest absolute Gasteiger partial charge is 0.481 e. The average Bonchev–Trinajstić information content (AvgIpc) is 3.36. The average molecular weight is 521 g/mol. The van der Waals surface area contributed by atoms with Crippen LogP contribution in [-0.4, -0.2) is 50.9 Å². The molecule has 4 unspecified atom stereocenters. The van der Waals surface area contributed by atoms with Gasteiger partial charge in [-0.25, -0.2) is 0 Å². The molecule has 2 heterocycles. The maximum absolute atomic E-state index is 13.5. The highest BCUT2D eigenvalue weighted by Gasteiger charge is 2.68. The number of unbranched alkanes of at least 4 members (excludes halogenated alkanes) is 2. The minimum Gasteiger partial charge on any atom is -0.481 e. The Kier molecular flexibility index (Phi) is 8.26. The number of amides is 2. The highest BCUT2D eigenvalue weighted by Crippen LogP contribution is 2.50. The molecule has 2 saturated heterocycles. The minimum atomic E-state index is -2.11. The normalized spacial score (nSPS) is 24.7. The van der Waals surface area contributed by atoms with Crippen LogP contribution in [0.15, 0.2) is 66.7 Å². The summed E-state index contributed by atoms with van der Waals surface area (Å²) in [6.07, 6.45) is 6.53. The van der Waals surface area contributed by atoms with Gasteiger partial charge in [-0.2, -0.15) is 0 Å². The van der Waals surface area contributed by atoms with Crippen molar-refractivity contribution in [1.29, 1.82) is 0 Å². The summed E-state index contributed by atoms with van der Waals surface area (Å²) in [7, 11) is 0. The number of allylic oxidation sites excluding steroid dienone is 1. The van der Waals surface area contributed by atoms with E-state index in [2.05, 4.69) is 12.2 Å². The van der Waals surface area contributed by atoms with Gasteiger partial charge in [0.15, 0.2) is 0 Å². The summed E-state index contributed by atoms with van der Waals surface area (Å²) in [4.78, 5) is 52.3. The lowest BCUT2D eigenvalue weighted by Crippen LogP contribution is -2.57. The molecule has 2 amide bonds. The van der Waals surface area contributed by atoms with Gasteiger partial charge in [0, 0.05) is 12.6 Å². The molecule has 0 spiro atoms. The van der Waals surface area contributed by atoms with Crippen molar-refractivity contribution in [3.05, 3.63) is 72.3 Å². The Bertz CT molecular complexity index is 1210. The first-order valence-corrected chi connectivity index (χ1v) is 12.8. The number of aliphatic carboxylic acids is 2. The Labute approximate surface area is 221 Å². The first-order valence-electron chi connectivity index (χ1n) is 12.8. The number of fused-ring (bicyclic) bond motifs is 1. The molecule has 9 nitrogen and oxygen atoms in total. The molecule has 0 saturated carbocycles. The summed E-state index contributed by atoms with van der Waals surface area (Å²) < 4.78 is 5.82. The Hall–Kier alpha value is -3.98. The number of carboxylic acids is 2. The smallest absolute Gasteiger partial charge is 0.325 e. The number of ether oxygens (including phenoxy) is 1. The minimum absolute atomic E-state index is 0.118. The van der Waals surface area contributed by atoms with Crippen molar-refractivity contribution in [2.75, 3.05) is 6.54 Å². The summed E-state index contributed by atoms with van der Waals surface area (Å²) in [5, 5.41) is 22.6. The Morgan fingerprint density at radius 3 is 2.26 bits per heavy atom. The molecule has 2 aromatic carbocycles. The van der Waals surface area contributed by atoms with Gasteiger partial charge in [-0.05, 0) is 42.7 Å². The van der Waals surface area contributed by atoms with Crippen LogP contribution in [0.1, 0.15) is 50.6 Å². The third kappa shape index (κ3) is 5.33. The molecular weight excluding hydrogens is 488 g/mol. The van der Waals surface area contributed by atoms with Crippen LogP contribution in [0.4, 0.5) is 0 Å². The van der Waals surface area contributed by atoms with Crippen molar-refractivity contribution in [2.24, 2.45) is 11.8 Å². The lowest BCUT2D eigenvalue weighted by atomic mass is 9.77. The van der Waals surface area contributed by atoms with Crippen LogP contribution in [0, 0.1) is 11.8 Å². The van der Waals surface area contributed by atoms with Gasteiger partial charge in [0.1, 0.15) is 17.0 Å². The molecule has 0 bridgehead atoms. The third-order valence-electron chi connectivity index (χ3n) is 7.19. The van der Waals surface area contributed by atoms with Crippen molar-refractivity contribution in [3.8, 4) is 11.5 Å². The Morgan fingerprint density at radius 1 is 0.974 bits per heavy atom. The maximum atomic E-state index is 13.5. The fourth-order valence-electron chi connectivity index (χ4n) is 5.37. The molecule has 0 aliphatic carbocycles. The van der Waals surface area contributed by atoms with Gasteiger partial charge in [-0.15, -0.1) is 0 Å². The number of carboxylic acid groups (broad SMARTS) is 2. The molecule has 3 N–H and O–H groups in total. The third-order valence-corrected chi connectivity index (χ3v) is 7.19. The van der Waals surface area contributed by atoms with Gasteiger partial charge >= 0.3 is 11.9 Å². The van der Waals surface area contributed by atoms with Gasteiger partial charge in [0.25, 0.3) is 0 Å². The van der Waals surface area contributed by atoms with Crippen molar-refractivity contribution >= 4 is 23.8 Å². The van der Waals surface area contributed by atoms with Gasteiger partial charge in [-0.1, -0.05) is 62.2 Å². The molecule has 200 valence electrons. The van der Waals surface area contributed by atoms with Crippen LogP contribution in [0.2, 0.25) is 0 Å². The molecule has 2 aliphatic heterocycles. The number of para-hydroxylation sites is 1. The number of nitrogens with one attached hydrogen (secondary N) is 1. The maximum Gasteiger partial charge on any atom is 0.325 e. The number of likely N-dealkylation sites (tertiary alicyclic amines) is 1. The second-order valence-electron chi connectivity index (χ2n) is 9.69. The van der Waals surface area contributed by atoms with Gasteiger partial charge in [-0.3, -0.25) is 29.4 Å². The first kappa shape index (κ1) is 27.1. The zero-order chi connectivity index (χ0) is 27.3. The molecular formula is C29H32N2O7. The van der Waals surface area contributed by atoms with Crippen LogP contribution in [-0.2, 0) is 19.2 Å². The van der Waals surface area contributed by atoms with E-state index in [0.29, 0.717) is 23.5 Å². The zero-order valence-electron chi connectivity index (χ0n) is 21.2. The summed E-state index contributed by atoms with van der Waals surface area (Å²) in [5.41, 5.74) is -1.55. The Balaban J connectivity index is 1.62. The summed E-state index contributed by atoms with van der Waals surface area (Å²) in [6, 6.07) is 15.1. The van der Waals surface area contributed by atoms with Crippen LogP contribution in [0.3, 0.4) is 0 Å². The molecule has 2 fully saturated rings. The van der Waals surface area contributed by atoms with E-state index in [1.165, 1.54) is 0 Å². The number of nitrogens with zero attached hydrogens (tertiary/aromatic N) is 1. The van der Waals surface area contributed by atoms with Crippen molar-refractivity contribution in [2.45, 2.75) is 50.6 Å². The molecule has 0 radical (unpaired) electrons. The number of rotatable bonds is 12. The van der Waals surface area contributed by atoms with Crippen LogP contribution >= 0.6 is 0 Å². The van der Waals surface area contributed by atoms with Crippen molar-refractivity contribution in [3.63, 3.8) is 0 Å². The number of hydrogen-bond donors (Lipinski definition) is 3. The standard InChI is InChI=1S/C29H32N2O7/c1-2-3-4-5-6-10-17-31-26(34)23-24(27(31)35)29(28(36)37,18-22(32)33)30-25(23)19-13-15-21(16-14-19)38-20-11-8-7-9-12-20/h5-9,11-16,23-25,30H,2-4,10,17-18H2,1H3,(H,32,33)(H,36,37). The second-order valence-corrected chi connectivity index (χ2v) is 9.69. The predicted molar refractivity (Wildman–Crippen MR) is 138 cm³/mol. The van der Waals surface area contributed by atoms with Crippen LogP contribution in [0.25, 0.3) is 0 Å². The Morgan fingerprint density at radius 2 is 1.63 bits per heavy atom. The number of benzene rings is 2. The van der Waals surface area contributed by atoms with Crippen LogP contribution < -0.4 is 10.1 Å². The van der Waals surface area contributed by atoms with E-state index in [9.17, 15) is 29.4 Å². The van der Waals surface area contributed by atoms with E-state index in [1.807, 2.05) is 30.4 Å². The fraction of sp³-hybridized carbons (Fsp3) is 0.379. The van der Waals surface area contributed by atoms with E-state index in [-0.39, 0.29) is 6.54 Å². The monoisotopic (exact) mass is 520 g/mol. The topological polar surface area (TPSA) is 133 Å².